The van der Waals surface area contributed by atoms with Crippen molar-refractivity contribution in [3.05, 3.63) is 23.8 Å². The van der Waals surface area contributed by atoms with Gasteiger partial charge in [-0.2, -0.15) is 0 Å². The highest BCUT2D eigenvalue weighted by Gasteiger charge is 2.31. The van der Waals surface area contributed by atoms with Crippen LogP contribution in [-0.2, 0) is 14.9 Å². The molecular formula is C11H14N2O5S. The number of carboxylic acids is 1. The Bertz CT molecular complexity index is 593. The monoisotopic (exact) mass is 286 g/mol. The van der Waals surface area contributed by atoms with E-state index in [2.05, 4.69) is 0 Å². The molecule has 0 aromatic heterocycles. The van der Waals surface area contributed by atoms with Crippen molar-refractivity contribution >= 4 is 21.7 Å². The summed E-state index contributed by atoms with van der Waals surface area (Å²) in [6.07, 6.45) is 1.45. The molecule has 2 rings (SSSR count). The Morgan fingerprint density at radius 3 is 2.68 bits per heavy atom. The van der Waals surface area contributed by atoms with E-state index in [4.69, 9.17) is 15.7 Å². The molecule has 1 heterocycles. The molecule has 1 aromatic rings. The number of hydrogen-bond donors (Lipinski definition) is 2. The van der Waals surface area contributed by atoms with Crippen LogP contribution in [0.4, 0.5) is 5.69 Å². The first kappa shape index (κ1) is 13.8. The number of nitrogen functional groups attached to an aromatic ring is 1. The average molecular weight is 286 g/mol. The molecule has 0 spiro atoms. The van der Waals surface area contributed by atoms with E-state index in [1.165, 1.54) is 12.1 Å². The Hall–Kier alpha value is -1.64. The van der Waals surface area contributed by atoms with E-state index in [0.29, 0.717) is 13.0 Å². The lowest BCUT2D eigenvalue weighted by molar-refractivity contribution is -0.108. The molecule has 0 bridgehead atoms. The minimum absolute atomic E-state index is 0.191. The molecule has 0 atom stereocenters. The lowest BCUT2D eigenvalue weighted by Gasteiger charge is -2.25. The zero-order valence-electron chi connectivity index (χ0n) is 10.1. The second-order valence-electron chi connectivity index (χ2n) is 4.13. The van der Waals surface area contributed by atoms with Gasteiger partial charge < -0.3 is 10.8 Å². The normalized spacial score (nSPS) is 17.3. The standard InChI is InChI=1S/C11H14N2O5S/c12-8-3-4-10(9(7-8)11(14)15)19(16,17)13-5-1-2-6-18-13/h3-4,7H,1-2,5-6,12H2,(H,14,15). The van der Waals surface area contributed by atoms with Crippen molar-refractivity contribution in [1.29, 1.82) is 0 Å². The Labute approximate surface area is 110 Å². The molecule has 8 heteroatoms. The highest BCUT2D eigenvalue weighted by Crippen LogP contribution is 2.24. The average Bonchev–Trinajstić information content (AvgIpc) is 2.39. The Kier molecular flexibility index (Phi) is 3.74. The van der Waals surface area contributed by atoms with Crippen LogP contribution in [0, 0.1) is 0 Å². The molecule has 0 radical (unpaired) electrons. The van der Waals surface area contributed by atoms with E-state index in [9.17, 15) is 13.2 Å². The molecule has 0 saturated carbocycles. The number of carboxylic acid groups (broad SMARTS) is 1. The van der Waals surface area contributed by atoms with Gasteiger partial charge in [0.25, 0.3) is 10.0 Å². The van der Waals surface area contributed by atoms with Gasteiger partial charge in [-0.3, -0.25) is 4.84 Å². The van der Waals surface area contributed by atoms with Gasteiger partial charge in [0.15, 0.2) is 0 Å². The van der Waals surface area contributed by atoms with Gasteiger partial charge in [-0.1, -0.05) is 4.47 Å². The van der Waals surface area contributed by atoms with E-state index in [1.54, 1.807) is 0 Å². The number of carbonyl (C=O) groups is 1. The zero-order valence-corrected chi connectivity index (χ0v) is 10.9. The van der Waals surface area contributed by atoms with Crippen molar-refractivity contribution in [3.8, 4) is 0 Å². The second-order valence-corrected chi connectivity index (χ2v) is 5.93. The fraction of sp³-hybridized carbons (Fsp3) is 0.364. The maximum absolute atomic E-state index is 12.3. The van der Waals surface area contributed by atoms with Crippen LogP contribution >= 0.6 is 0 Å². The van der Waals surface area contributed by atoms with Crippen molar-refractivity contribution < 1.29 is 23.2 Å². The van der Waals surface area contributed by atoms with Crippen molar-refractivity contribution in [1.82, 2.24) is 4.47 Å². The van der Waals surface area contributed by atoms with Crippen LogP contribution in [0.15, 0.2) is 23.1 Å². The zero-order chi connectivity index (χ0) is 14.0. The molecule has 7 nitrogen and oxygen atoms in total. The third-order valence-electron chi connectivity index (χ3n) is 2.75. The number of sulfonamides is 1. The van der Waals surface area contributed by atoms with E-state index >= 15 is 0 Å². The van der Waals surface area contributed by atoms with Gasteiger partial charge in [0, 0.05) is 12.2 Å². The summed E-state index contributed by atoms with van der Waals surface area (Å²) in [4.78, 5) is 15.9. The number of benzene rings is 1. The lowest BCUT2D eigenvalue weighted by atomic mass is 10.2. The third-order valence-corrected chi connectivity index (χ3v) is 4.49. The number of hydrogen-bond acceptors (Lipinski definition) is 5. The first-order valence-electron chi connectivity index (χ1n) is 5.71. The van der Waals surface area contributed by atoms with Crippen LogP contribution < -0.4 is 5.73 Å². The predicted octanol–water partition coefficient (Wildman–Crippen LogP) is 0.683. The van der Waals surface area contributed by atoms with Gasteiger partial charge in [0.2, 0.25) is 0 Å². The van der Waals surface area contributed by atoms with Crippen LogP contribution in [0.1, 0.15) is 23.2 Å². The van der Waals surface area contributed by atoms with Crippen molar-refractivity contribution in [3.63, 3.8) is 0 Å². The SMILES string of the molecule is Nc1ccc(S(=O)(=O)N2CCCCO2)c(C(=O)O)c1. The minimum Gasteiger partial charge on any atom is -0.478 e. The summed E-state index contributed by atoms with van der Waals surface area (Å²) >= 11 is 0. The molecule has 1 fully saturated rings. The first-order valence-corrected chi connectivity index (χ1v) is 7.15. The predicted molar refractivity (Wildman–Crippen MR) is 66.9 cm³/mol. The molecule has 104 valence electrons. The number of hydroxylamine groups is 1. The quantitative estimate of drug-likeness (QED) is 0.791. The Morgan fingerprint density at radius 1 is 1.37 bits per heavy atom. The molecule has 1 aliphatic heterocycles. The molecular weight excluding hydrogens is 272 g/mol. The Morgan fingerprint density at radius 2 is 2.11 bits per heavy atom. The summed E-state index contributed by atoms with van der Waals surface area (Å²) < 4.78 is 25.5. The number of aromatic carboxylic acids is 1. The summed E-state index contributed by atoms with van der Waals surface area (Å²) in [5.74, 6) is -1.34. The first-order chi connectivity index (χ1) is 8.93. The van der Waals surface area contributed by atoms with Crippen LogP contribution in [0.2, 0.25) is 0 Å². The summed E-state index contributed by atoms with van der Waals surface area (Å²) in [6.45, 7) is 0.516. The summed E-state index contributed by atoms with van der Waals surface area (Å²) in [7, 11) is -3.98. The van der Waals surface area contributed by atoms with Gasteiger partial charge in [-0.15, -0.1) is 0 Å². The van der Waals surface area contributed by atoms with Crippen molar-refractivity contribution in [2.45, 2.75) is 17.7 Å². The van der Waals surface area contributed by atoms with Crippen molar-refractivity contribution in [2.75, 3.05) is 18.9 Å². The van der Waals surface area contributed by atoms with Crippen LogP contribution in [0.5, 0.6) is 0 Å². The molecule has 0 amide bonds. The van der Waals surface area contributed by atoms with Gasteiger partial charge >= 0.3 is 5.97 Å². The third kappa shape index (κ3) is 2.70. The Balaban J connectivity index is 2.48. The van der Waals surface area contributed by atoms with Gasteiger partial charge in [-0.25, -0.2) is 13.2 Å². The molecule has 19 heavy (non-hydrogen) atoms. The second kappa shape index (κ2) is 5.16. The molecule has 0 aliphatic carbocycles. The van der Waals surface area contributed by atoms with E-state index in [-0.39, 0.29) is 22.7 Å². The molecule has 1 aliphatic rings. The highest BCUT2D eigenvalue weighted by atomic mass is 32.2. The van der Waals surface area contributed by atoms with E-state index < -0.39 is 16.0 Å². The number of nitrogens with two attached hydrogens (primary N) is 1. The largest absolute Gasteiger partial charge is 0.478 e. The van der Waals surface area contributed by atoms with Gasteiger partial charge in [0.1, 0.15) is 0 Å². The summed E-state index contributed by atoms with van der Waals surface area (Å²) in [5, 5.41) is 9.07. The number of anilines is 1. The number of nitrogens with zero attached hydrogens (tertiary/aromatic N) is 1. The van der Waals surface area contributed by atoms with Crippen molar-refractivity contribution in [2.24, 2.45) is 0 Å². The molecule has 0 unspecified atom stereocenters. The highest BCUT2D eigenvalue weighted by molar-refractivity contribution is 7.89. The maximum atomic E-state index is 12.3. The summed E-state index contributed by atoms with van der Waals surface area (Å²) in [6, 6.07) is 3.66. The minimum atomic E-state index is -3.98. The smallest absolute Gasteiger partial charge is 0.337 e. The van der Waals surface area contributed by atoms with E-state index in [1.807, 2.05) is 0 Å². The van der Waals surface area contributed by atoms with Gasteiger partial charge in [0.05, 0.1) is 17.1 Å². The maximum Gasteiger partial charge on any atom is 0.337 e. The topological polar surface area (TPSA) is 110 Å². The van der Waals surface area contributed by atoms with Gasteiger partial charge in [-0.05, 0) is 31.0 Å². The van der Waals surface area contributed by atoms with Crippen LogP contribution in [0.3, 0.4) is 0 Å². The van der Waals surface area contributed by atoms with Crippen LogP contribution in [-0.4, -0.2) is 37.1 Å². The molecule has 3 N–H and O–H groups in total. The lowest BCUT2D eigenvalue weighted by Crippen LogP contribution is -2.36. The fourth-order valence-corrected chi connectivity index (χ4v) is 3.28. The van der Waals surface area contributed by atoms with Crippen LogP contribution in [0.25, 0.3) is 0 Å². The fourth-order valence-electron chi connectivity index (χ4n) is 1.81. The number of rotatable bonds is 3. The summed E-state index contributed by atoms with van der Waals surface area (Å²) in [5.41, 5.74) is 5.32. The molecule has 1 aromatic carbocycles. The van der Waals surface area contributed by atoms with E-state index in [0.717, 1.165) is 17.0 Å². The molecule has 1 saturated heterocycles.